The summed E-state index contributed by atoms with van der Waals surface area (Å²) in [5.74, 6) is -0.133. The third-order valence-corrected chi connectivity index (χ3v) is 5.81. The minimum Gasteiger partial charge on any atom is -0.444 e. The SMILES string of the molecule is CC(C)(C)OC(=O)N1C2CCC(C2)C1C(=O)NC(C#N)Cc1ccc(Br)cc1. The van der Waals surface area contributed by atoms with Crippen LogP contribution in [0.3, 0.4) is 0 Å². The number of halogens is 1. The lowest BCUT2D eigenvalue weighted by Gasteiger charge is -2.35. The number of carbonyl (C=O) groups excluding carboxylic acids is 2. The zero-order chi connectivity index (χ0) is 20.5. The third kappa shape index (κ3) is 4.67. The second-order valence-corrected chi connectivity index (χ2v) is 9.50. The highest BCUT2D eigenvalue weighted by atomic mass is 79.9. The predicted octanol–water partition coefficient (Wildman–Crippen LogP) is 3.79. The van der Waals surface area contributed by atoms with E-state index in [0.29, 0.717) is 6.42 Å². The van der Waals surface area contributed by atoms with E-state index in [0.717, 1.165) is 29.3 Å². The standard InChI is InChI=1S/C21H26BrN3O3/c1-21(2,3)28-20(27)25-17-9-6-14(11-17)18(25)19(26)24-16(12-23)10-13-4-7-15(22)8-5-13/h4-5,7-8,14,16-18H,6,9-11H2,1-3H3,(H,24,26). The maximum absolute atomic E-state index is 13.0. The van der Waals surface area contributed by atoms with Gasteiger partial charge in [-0.2, -0.15) is 5.26 Å². The van der Waals surface area contributed by atoms with Gasteiger partial charge in [-0.25, -0.2) is 4.79 Å². The number of piperidine rings is 1. The number of fused-ring (bicyclic) bond motifs is 2. The normalized spacial score (nSPS) is 24.5. The Bertz CT molecular complexity index is 782. The van der Waals surface area contributed by atoms with Crippen molar-refractivity contribution < 1.29 is 14.3 Å². The van der Waals surface area contributed by atoms with E-state index in [1.165, 1.54) is 0 Å². The van der Waals surface area contributed by atoms with Crippen molar-refractivity contribution >= 4 is 27.9 Å². The molecule has 1 saturated heterocycles. The predicted molar refractivity (Wildman–Crippen MR) is 108 cm³/mol. The number of hydrogen-bond donors (Lipinski definition) is 1. The van der Waals surface area contributed by atoms with Gasteiger partial charge < -0.3 is 10.1 Å². The van der Waals surface area contributed by atoms with Gasteiger partial charge in [-0.15, -0.1) is 0 Å². The van der Waals surface area contributed by atoms with E-state index in [-0.39, 0.29) is 17.9 Å². The van der Waals surface area contributed by atoms with Crippen LogP contribution < -0.4 is 5.32 Å². The lowest BCUT2D eigenvalue weighted by Crippen LogP contribution is -2.55. The average Bonchev–Trinajstić information content (AvgIpc) is 3.22. The van der Waals surface area contributed by atoms with Gasteiger partial charge in [0.2, 0.25) is 5.91 Å². The molecule has 1 aliphatic carbocycles. The fourth-order valence-electron chi connectivity index (χ4n) is 4.15. The molecule has 0 aromatic heterocycles. The largest absolute Gasteiger partial charge is 0.444 e. The van der Waals surface area contributed by atoms with Crippen molar-refractivity contribution in [3.63, 3.8) is 0 Å². The Labute approximate surface area is 174 Å². The molecule has 28 heavy (non-hydrogen) atoms. The smallest absolute Gasteiger partial charge is 0.411 e. The number of amides is 2. The summed E-state index contributed by atoms with van der Waals surface area (Å²) in [6, 6.07) is 8.67. The van der Waals surface area contributed by atoms with Crippen LogP contribution in [0.25, 0.3) is 0 Å². The number of rotatable bonds is 4. The quantitative estimate of drug-likeness (QED) is 0.760. The molecule has 4 unspecified atom stereocenters. The molecule has 0 spiro atoms. The lowest BCUT2D eigenvalue weighted by molar-refractivity contribution is -0.128. The monoisotopic (exact) mass is 447 g/mol. The molecule has 2 aliphatic rings. The molecule has 6 nitrogen and oxygen atoms in total. The van der Waals surface area contributed by atoms with Crippen molar-refractivity contribution in [2.45, 2.75) is 70.2 Å². The number of hydrogen-bond acceptors (Lipinski definition) is 4. The molecule has 2 amide bonds. The zero-order valence-electron chi connectivity index (χ0n) is 16.4. The zero-order valence-corrected chi connectivity index (χ0v) is 18.0. The van der Waals surface area contributed by atoms with Crippen LogP contribution in [-0.4, -0.2) is 40.6 Å². The van der Waals surface area contributed by atoms with Crippen molar-refractivity contribution in [3.05, 3.63) is 34.3 Å². The second-order valence-electron chi connectivity index (χ2n) is 8.58. The summed E-state index contributed by atoms with van der Waals surface area (Å²) in [4.78, 5) is 27.3. The molecule has 2 fully saturated rings. The van der Waals surface area contributed by atoms with Crippen molar-refractivity contribution in [3.8, 4) is 6.07 Å². The molecule has 1 N–H and O–H groups in total. The first kappa shape index (κ1) is 20.7. The van der Waals surface area contributed by atoms with Crippen molar-refractivity contribution in [1.82, 2.24) is 10.2 Å². The summed E-state index contributed by atoms with van der Waals surface area (Å²) in [6.07, 6.45) is 2.62. The fourth-order valence-corrected chi connectivity index (χ4v) is 4.41. The summed E-state index contributed by atoms with van der Waals surface area (Å²) < 4.78 is 6.49. The van der Waals surface area contributed by atoms with Crippen LogP contribution in [-0.2, 0) is 16.0 Å². The highest BCUT2D eigenvalue weighted by Crippen LogP contribution is 2.43. The van der Waals surface area contributed by atoms with Crippen LogP contribution in [0, 0.1) is 17.2 Å². The van der Waals surface area contributed by atoms with Gasteiger partial charge in [-0.1, -0.05) is 28.1 Å². The molecule has 1 aromatic rings. The number of nitriles is 1. The number of benzene rings is 1. The topological polar surface area (TPSA) is 82.4 Å². The molecule has 1 aliphatic heterocycles. The van der Waals surface area contributed by atoms with E-state index in [9.17, 15) is 14.9 Å². The number of nitrogens with zero attached hydrogens (tertiary/aromatic N) is 2. The lowest BCUT2D eigenvalue weighted by atomic mass is 9.97. The Balaban J connectivity index is 1.69. The Hall–Kier alpha value is -2.07. The fraction of sp³-hybridized carbons (Fsp3) is 0.571. The Kier molecular flexibility index (Phi) is 5.99. The molecular formula is C21H26BrN3O3. The minimum absolute atomic E-state index is 0.0441. The molecule has 1 heterocycles. The number of likely N-dealkylation sites (tertiary alicyclic amines) is 1. The third-order valence-electron chi connectivity index (χ3n) is 5.28. The molecule has 1 saturated carbocycles. The maximum Gasteiger partial charge on any atom is 0.411 e. The molecule has 3 rings (SSSR count). The Morgan fingerprint density at radius 1 is 1.32 bits per heavy atom. The van der Waals surface area contributed by atoms with Gasteiger partial charge in [0.05, 0.1) is 6.07 Å². The van der Waals surface area contributed by atoms with Crippen LogP contribution in [0.4, 0.5) is 4.79 Å². The highest BCUT2D eigenvalue weighted by molar-refractivity contribution is 9.10. The molecular weight excluding hydrogens is 422 g/mol. The average molecular weight is 448 g/mol. The molecule has 2 bridgehead atoms. The highest BCUT2D eigenvalue weighted by Gasteiger charge is 2.52. The maximum atomic E-state index is 13.0. The van der Waals surface area contributed by atoms with Gasteiger partial charge in [0.1, 0.15) is 17.7 Å². The van der Waals surface area contributed by atoms with E-state index < -0.39 is 23.8 Å². The molecule has 4 atom stereocenters. The molecule has 150 valence electrons. The Morgan fingerprint density at radius 3 is 2.61 bits per heavy atom. The first-order valence-electron chi connectivity index (χ1n) is 9.63. The van der Waals surface area contributed by atoms with Crippen LogP contribution in [0.1, 0.15) is 45.6 Å². The molecule has 1 aromatic carbocycles. The van der Waals surface area contributed by atoms with E-state index in [2.05, 4.69) is 27.3 Å². The Morgan fingerprint density at radius 2 is 2.00 bits per heavy atom. The molecule has 7 heteroatoms. The summed E-state index contributed by atoms with van der Waals surface area (Å²) >= 11 is 3.39. The van der Waals surface area contributed by atoms with Crippen molar-refractivity contribution in [1.29, 1.82) is 5.26 Å². The number of carbonyl (C=O) groups is 2. The van der Waals surface area contributed by atoms with E-state index in [4.69, 9.17) is 4.74 Å². The van der Waals surface area contributed by atoms with Gasteiger partial charge in [0.25, 0.3) is 0 Å². The van der Waals surface area contributed by atoms with E-state index >= 15 is 0 Å². The van der Waals surface area contributed by atoms with Gasteiger partial charge in [-0.05, 0) is 63.6 Å². The number of ether oxygens (including phenoxy) is 1. The van der Waals surface area contributed by atoms with Gasteiger partial charge >= 0.3 is 6.09 Å². The summed E-state index contributed by atoms with van der Waals surface area (Å²) in [6.45, 7) is 5.45. The second kappa shape index (κ2) is 8.12. The van der Waals surface area contributed by atoms with Crippen molar-refractivity contribution in [2.24, 2.45) is 5.92 Å². The van der Waals surface area contributed by atoms with Crippen LogP contribution in [0.5, 0.6) is 0 Å². The van der Waals surface area contributed by atoms with E-state index in [1.54, 1.807) is 4.90 Å². The van der Waals surface area contributed by atoms with Gasteiger partial charge in [-0.3, -0.25) is 9.69 Å². The minimum atomic E-state index is -0.645. The summed E-state index contributed by atoms with van der Waals surface area (Å²) in [7, 11) is 0. The summed E-state index contributed by atoms with van der Waals surface area (Å²) in [5, 5.41) is 12.4. The van der Waals surface area contributed by atoms with Gasteiger partial charge in [0, 0.05) is 16.9 Å². The van der Waals surface area contributed by atoms with Gasteiger partial charge in [0.15, 0.2) is 0 Å². The van der Waals surface area contributed by atoms with E-state index in [1.807, 2.05) is 45.0 Å². The van der Waals surface area contributed by atoms with Crippen LogP contribution in [0.2, 0.25) is 0 Å². The van der Waals surface area contributed by atoms with Crippen LogP contribution in [0.15, 0.2) is 28.7 Å². The first-order chi connectivity index (χ1) is 13.2. The molecule has 0 radical (unpaired) electrons. The summed E-state index contributed by atoms with van der Waals surface area (Å²) in [5.41, 5.74) is 0.350. The van der Waals surface area contributed by atoms with Crippen molar-refractivity contribution in [2.75, 3.05) is 0 Å². The van der Waals surface area contributed by atoms with Crippen LogP contribution >= 0.6 is 15.9 Å². The number of nitrogens with one attached hydrogen (secondary N) is 1. The first-order valence-corrected chi connectivity index (χ1v) is 10.4.